The van der Waals surface area contributed by atoms with Crippen LogP contribution in [0.3, 0.4) is 0 Å². The molecule has 1 heterocycles. The van der Waals surface area contributed by atoms with E-state index in [9.17, 15) is 4.79 Å². The van der Waals surface area contributed by atoms with E-state index in [2.05, 4.69) is 5.32 Å². The van der Waals surface area contributed by atoms with Crippen molar-refractivity contribution in [3.05, 3.63) is 59.7 Å². The Hall–Kier alpha value is -2.07. The van der Waals surface area contributed by atoms with Crippen LogP contribution < -0.4 is 10.8 Å². The molecule has 94 valence electrons. The van der Waals surface area contributed by atoms with Gasteiger partial charge in [-0.3, -0.25) is 4.79 Å². The number of fused-ring (bicyclic) bond motifs is 1. The molecule has 0 atom stereocenters. The molecule has 0 radical (unpaired) electrons. The number of rotatable bonds is 2. The molecule has 1 N–H and O–H groups in total. The van der Waals surface area contributed by atoms with E-state index in [0.29, 0.717) is 12.2 Å². The Kier molecular flexibility index (Phi) is 3.09. The summed E-state index contributed by atoms with van der Waals surface area (Å²) in [6, 6.07) is 15.1. The first-order valence-electron chi connectivity index (χ1n) is 6.35. The van der Waals surface area contributed by atoms with Crippen LogP contribution in [0, 0.1) is 0 Å². The van der Waals surface area contributed by atoms with Gasteiger partial charge in [-0.05, 0) is 35.3 Å². The number of benzene rings is 2. The molecular weight excluding hydrogens is 237 g/mol. The van der Waals surface area contributed by atoms with Gasteiger partial charge in [0.25, 0.3) is 5.91 Å². The molecule has 3 nitrogen and oxygen atoms in total. The van der Waals surface area contributed by atoms with Gasteiger partial charge in [0.15, 0.2) is 0 Å². The van der Waals surface area contributed by atoms with E-state index in [1.165, 1.54) is 5.56 Å². The second-order valence-corrected chi connectivity index (χ2v) is 4.69. The fraction of sp³-hybridized carbons (Fsp3) is 0.133. The quantitative estimate of drug-likeness (QED) is 0.831. The topological polar surface area (TPSA) is 38.3 Å². The average molecular weight is 251 g/mol. The lowest BCUT2D eigenvalue weighted by Gasteiger charge is -2.07. The number of carbonyl (C=O) groups is 1. The van der Waals surface area contributed by atoms with E-state index in [1.54, 1.807) is 12.1 Å². The molecule has 0 bridgehead atoms. The Morgan fingerprint density at radius 3 is 2.79 bits per heavy atom. The molecule has 1 aliphatic rings. The van der Waals surface area contributed by atoms with Crippen LogP contribution in [-0.2, 0) is 11.3 Å². The summed E-state index contributed by atoms with van der Waals surface area (Å²) in [5.74, 6) is -0.0906. The SMILES string of the molecule is CB1OCc2ccc(NC(=O)c3ccccc3)cc21. The monoisotopic (exact) mass is 251 g/mol. The Morgan fingerprint density at radius 2 is 2.00 bits per heavy atom. The number of carbonyl (C=O) groups excluding carboxylic acids is 1. The highest BCUT2D eigenvalue weighted by atomic mass is 16.4. The first-order valence-corrected chi connectivity index (χ1v) is 6.35. The summed E-state index contributed by atoms with van der Waals surface area (Å²) in [6.07, 6.45) is 0. The van der Waals surface area contributed by atoms with Gasteiger partial charge in [0.1, 0.15) is 0 Å². The summed E-state index contributed by atoms with van der Waals surface area (Å²) in [4.78, 5) is 12.1. The number of hydrogen-bond donors (Lipinski definition) is 1. The third-order valence-electron chi connectivity index (χ3n) is 3.37. The van der Waals surface area contributed by atoms with Gasteiger partial charge in [-0.25, -0.2) is 0 Å². The van der Waals surface area contributed by atoms with Crippen LogP contribution in [-0.4, -0.2) is 12.8 Å². The number of hydrogen-bond acceptors (Lipinski definition) is 2. The molecule has 0 saturated heterocycles. The van der Waals surface area contributed by atoms with E-state index in [4.69, 9.17) is 4.65 Å². The van der Waals surface area contributed by atoms with E-state index in [-0.39, 0.29) is 12.8 Å². The minimum Gasteiger partial charge on any atom is -0.427 e. The number of nitrogens with one attached hydrogen (secondary N) is 1. The summed E-state index contributed by atoms with van der Waals surface area (Å²) < 4.78 is 5.56. The number of anilines is 1. The Bertz CT molecular complexity index is 613. The highest BCUT2D eigenvalue weighted by Crippen LogP contribution is 2.16. The first-order chi connectivity index (χ1) is 9.24. The standard InChI is InChI=1S/C15H14BNO2/c1-16-14-9-13(8-7-12(14)10-19-16)17-15(18)11-5-3-2-4-6-11/h2-9H,10H2,1H3,(H,17,18). The summed E-state index contributed by atoms with van der Waals surface area (Å²) in [6.45, 7) is 2.78. The first kappa shape index (κ1) is 12.0. The fourth-order valence-corrected chi connectivity index (χ4v) is 2.28. The largest absolute Gasteiger partial charge is 0.427 e. The van der Waals surface area contributed by atoms with E-state index >= 15 is 0 Å². The van der Waals surface area contributed by atoms with Crippen molar-refractivity contribution in [1.29, 1.82) is 0 Å². The van der Waals surface area contributed by atoms with E-state index in [0.717, 1.165) is 11.2 Å². The predicted molar refractivity (Wildman–Crippen MR) is 76.9 cm³/mol. The minimum absolute atomic E-state index is 0.0906. The third-order valence-corrected chi connectivity index (χ3v) is 3.37. The molecule has 1 amide bonds. The Balaban J connectivity index is 1.81. The second kappa shape index (κ2) is 4.90. The normalized spacial score (nSPS) is 13.2. The van der Waals surface area contributed by atoms with Crippen LogP contribution in [0.5, 0.6) is 0 Å². The highest BCUT2D eigenvalue weighted by molar-refractivity contribution is 6.67. The molecule has 0 fully saturated rings. The maximum atomic E-state index is 12.1. The minimum atomic E-state index is -0.0906. The van der Waals surface area contributed by atoms with Crippen molar-refractivity contribution in [2.75, 3.05) is 5.32 Å². The van der Waals surface area contributed by atoms with Crippen LogP contribution >= 0.6 is 0 Å². The summed E-state index contributed by atoms with van der Waals surface area (Å²) in [5, 5.41) is 2.91. The van der Waals surface area contributed by atoms with Gasteiger partial charge >= 0.3 is 6.92 Å². The predicted octanol–water partition coefficient (Wildman–Crippen LogP) is 2.30. The average Bonchev–Trinajstić information content (AvgIpc) is 2.81. The molecule has 2 aromatic carbocycles. The third kappa shape index (κ3) is 2.40. The van der Waals surface area contributed by atoms with Crippen molar-refractivity contribution < 1.29 is 9.45 Å². The van der Waals surface area contributed by atoms with Crippen molar-refractivity contribution in [1.82, 2.24) is 0 Å². The zero-order valence-electron chi connectivity index (χ0n) is 10.7. The number of amides is 1. The molecule has 4 heteroatoms. The van der Waals surface area contributed by atoms with Gasteiger partial charge in [-0.2, -0.15) is 0 Å². The molecule has 0 unspecified atom stereocenters. The van der Waals surface area contributed by atoms with Gasteiger partial charge in [-0.1, -0.05) is 31.1 Å². The van der Waals surface area contributed by atoms with E-state index in [1.807, 2.05) is 43.2 Å². The fourth-order valence-electron chi connectivity index (χ4n) is 2.28. The molecule has 3 rings (SSSR count). The van der Waals surface area contributed by atoms with Gasteiger partial charge in [0.2, 0.25) is 0 Å². The molecule has 0 aliphatic carbocycles. The molecule has 0 spiro atoms. The lowest BCUT2D eigenvalue weighted by Crippen LogP contribution is -2.25. The molecule has 19 heavy (non-hydrogen) atoms. The zero-order valence-corrected chi connectivity index (χ0v) is 10.7. The molecule has 0 aromatic heterocycles. The van der Waals surface area contributed by atoms with Crippen molar-refractivity contribution in [2.45, 2.75) is 13.4 Å². The molecule has 0 saturated carbocycles. The van der Waals surface area contributed by atoms with Crippen LogP contribution in [0.25, 0.3) is 0 Å². The molecule has 2 aromatic rings. The maximum absolute atomic E-state index is 12.1. The van der Waals surface area contributed by atoms with Gasteiger partial charge < -0.3 is 9.97 Å². The van der Waals surface area contributed by atoms with Crippen LogP contribution in [0.2, 0.25) is 6.82 Å². The molecular formula is C15H14BNO2. The smallest absolute Gasteiger partial charge is 0.324 e. The van der Waals surface area contributed by atoms with Crippen molar-refractivity contribution in [2.24, 2.45) is 0 Å². The van der Waals surface area contributed by atoms with Crippen LogP contribution in [0.15, 0.2) is 48.5 Å². The lowest BCUT2D eigenvalue weighted by molar-refractivity contribution is 0.102. The molecule has 1 aliphatic heterocycles. The van der Waals surface area contributed by atoms with Gasteiger partial charge in [0.05, 0.1) is 6.61 Å². The summed E-state index contributed by atoms with van der Waals surface area (Å²) >= 11 is 0. The Morgan fingerprint density at radius 1 is 1.21 bits per heavy atom. The van der Waals surface area contributed by atoms with Crippen molar-refractivity contribution >= 4 is 24.0 Å². The van der Waals surface area contributed by atoms with Crippen molar-refractivity contribution in [3.63, 3.8) is 0 Å². The van der Waals surface area contributed by atoms with Crippen LogP contribution in [0.1, 0.15) is 15.9 Å². The van der Waals surface area contributed by atoms with Crippen molar-refractivity contribution in [3.8, 4) is 0 Å². The van der Waals surface area contributed by atoms with Crippen LogP contribution in [0.4, 0.5) is 5.69 Å². The summed E-state index contributed by atoms with van der Waals surface area (Å²) in [7, 11) is 0. The highest BCUT2D eigenvalue weighted by Gasteiger charge is 2.23. The summed E-state index contributed by atoms with van der Waals surface area (Å²) in [5.41, 5.74) is 3.83. The Labute approximate surface area is 112 Å². The lowest BCUT2D eigenvalue weighted by atomic mass is 9.64. The van der Waals surface area contributed by atoms with Gasteiger partial charge in [-0.15, -0.1) is 0 Å². The zero-order chi connectivity index (χ0) is 13.2. The second-order valence-electron chi connectivity index (χ2n) is 4.69. The van der Waals surface area contributed by atoms with Gasteiger partial charge in [0, 0.05) is 11.3 Å². The maximum Gasteiger partial charge on any atom is 0.324 e. The van der Waals surface area contributed by atoms with E-state index < -0.39 is 0 Å².